The van der Waals surface area contributed by atoms with E-state index in [9.17, 15) is 5.11 Å². The largest absolute Gasteiger partial charge is 0.396 e. The van der Waals surface area contributed by atoms with Gasteiger partial charge in [0.05, 0.1) is 0 Å². The molecule has 0 aromatic carbocycles. The quantitative estimate of drug-likeness (QED) is 0.727. The Morgan fingerprint density at radius 3 is 2.50 bits per heavy atom. The molecule has 0 heterocycles. The molecule has 0 aromatic rings. The number of unbranched alkanes of at least 4 members (excludes halogenated alkanes) is 1. The van der Waals surface area contributed by atoms with Crippen molar-refractivity contribution in [3.63, 3.8) is 0 Å². The van der Waals surface area contributed by atoms with Crippen LogP contribution in [0, 0.1) is 11.3 Å². The van der Waals surface area contributed by atoms with Crippen molar-refractivity contribution in [2.75, 3.05) is 18.6 Å². The van der Waals surface area contributed by atoms with Crippen molar-refractivity contribution in [1.29, 1.82) is 0 Å². The van der Waals surface area contributed by atoms with E-state index in [1.807, 2.05) is 11.8 Å². The molecule has 0 bridgehead atoms. The average molecular weight is 244 g/mol. The van der Waals surface area contributed by atoms with Crippen LogP contribution >= 0.6 is 11.8 Å². The van der Waals surface area contributed by atoms with Crippen molar-refractivity contribution in [2.45, 2.75) is 58.3 Å². The second-order valence-corrected chi connectivity index (χ2v) is 6.47. The van der Waals surface area contributed by atoms with Crippen molar-refractivity contribution in [2.24, 2.45) is 11.3 Å². The lowest BCUT2D eigenvalue weighted by molar-refractivity contribution is 0.0595. The van der Waals surface area contributed by atoms with Crippen LogP contribution in [0.15, 0.2) is 0 Å². The van der Waals surface area contributed by atoms with Crippen LogP contribution in [0.5, 0.6) is 0 Å². The topological polar surface area (TPSA) is 20.2 Å². The molecular weight excluding hydrogens is 216 g/mol. The highest BCUT2D eigenvalue weighted by Gasteiger charge is 2.33. The van der Waals surface area contributed by atoms with E-state index in [4.69, 9.17) is 0 Å². The molecule has 1 fully saturated rings. The molecule has 1 nitrogen and oxygen atoms in total. The Balaban J connectivity index is 2.31. The van der Waals surface area contributed by atoms with Gasteiger partial charge >= 0.3 is 0 Å². The average Bonchev–Trinajstić information content (AvgIpc) is 2.35. The molecule has 0 unspecified atom stereocenters. The molecule has 0 aromatic heterocycles. The first-order valence-electron chi connectivity index (χ1n) is 6.86. The molecule has 2 heteroatoms. The zero-order valence-electron chi connectivity index (χ0n) is 11.0. The molecule has 0 aliphatic heterocycles. The van der Waals surface area contributed by atoms with Crippen molar-refractivity contribution >= 4 is 11.8 Å². The minimum absolute atomic E-state index is 0.283. The zero-order valence-corrected chi connectivity index (χ0v) is 11.8. The van der Waals surface area contributed by atoms with Gasteiger partial charge in [0.25, 0.3) is 0 Å². The first-order valence-corrected chi connectivity index (χ1v) is 8.25. The Morgan fingerprint density at radius 2 is 2.00 bits per heavy atom. The highest BCUT2D eigenvalue weighted by Crippen LogP contribution is 2.43. The number of aliphatic hydroxyl groups is 1. The van der Waals surface area contributed by atoms with Crippen LogP contribution in [0.2, 0.25) is 0 Å². The molecule has 96 valence electrons. The van der Waals surface area contributed by atoms with E-state index in [1.165, 1.54) is 57.1 Å². The summed E-state index contributed by atoms with van der Waals surface area (Å²) in [4.78, 5) is 0. The van der Waals surface area contributed by atoms with Gasteiger partial charge in [-0.2, -0.15) is 11.8 Å². The van der Waals surface area contributed by atoms with E-state index in [-0.39, 0.29) is 5.41 Å². The van der Waals surface area contributed by atoms with Gasteiger partial charge < -0.3 is 5.11 Å². The van der Waals surface area contributed by atoms with Crippen molar-refractivity contribution in [1.82, 2.24) is 0 Å². The molecule has 0 spiro atoms. The number of aliphatic hydroxyl groups excluding tert-OH is 1. The zero-order chi connectivity index (χ0) is 11.9. The number of hydrogen-bond donors (Lipinski definition) is 1. The van der Waals surface area contributed by atoms with Crippen LogP contribution in [0.3, 0.4) is 0 Å². The van der Waals surface area contributed by atoms with E-state index in [2.05, 4.69) is 13.2 Å². The molecule has 16 heavy (non-hydrogen) atoms. The van der Waals surface area contributed by atoms with E-state index in [0.29, 0.717) is 6.61 Å². The molecule has 1 aliphatic carbocycles. The summed E-state index contributed by atoms with van der Waals surface area (Å²) >= 11 is 1.91. The molecule has 0 saturated heterocycles. The van der Waals surface area contributed by atoms with Gasteiger partial charge in [-0.1, -0.05) is 26.2 Å². The van der Waals surface area contributed by atoms with Crippen molar-refractivity contribution < 1.29 is 5.11 Å². The second-order valence-electron chi connectivity index (χ2n) is 5.49. The smallest absolute Gasteiger partial charge is 0.0487 e. The Hall–Kier alpha value is 0.310. The van der Waals surface area contributed by atoms with Gasteiger partial charge in [0.15, 0.2) is 0 Å². The lowest BCUT2D eigenvalue weighted by atomic mass is 9.68. The molecule has 0 atom stereocenters. The van der Waals surface area contributed by atoms with Gasteiger partial charge in [0, 0.05) is 6.61 Å². The van der Waals surface area contributed by atoms with Gasteiger partial charge in [-0.15, -0.1) is 0 Å². The third-order valence-electron chi connectivity index (χ3n) is 4.30. The Kier molecular flexibility index (Phi) is 6.83. The van der Waals surface area contributed by atoms with Gasteiger partial charge in [-0.25, -0.2) is 0 Å². The van der Waals surface area contributed by atoms with Crippen molar-refractivity contribution in [3.8, 4) is 0 Å². The third kappa shape index (κ3) is 4.29. The van der Waals surface area contributed by atoms with Gasteiger partial charge in [-0.05, 0) is 55.4 Å². The predicted octanol–water partition coefficient (Wildman–Crippen LogP) is 4.10. The van der Waals surface area contributed by atoms with Crippen LogP contribution < -0.4 is 0 Å². The minimum atomic E-state index is 0.283. The summed E-state index contributed by atoms with van der Waals surface area (Å²) in [5.74, 6) is 2.16. The van der Waals surface area contributed by atoms with Gasteiger partial charge in [0.1, 0.15) is 0 Å². The summed E-state index contributed by atoms with van der Waals surface area (Å²) < 4.78 is 0. The molecular formula is C14H28OS. The fraction of sp³-hybridized carbons (Fsp3) is 1.00. The number of hydrogen-bond acceptors (Lipinski definition) is 2. The Bertz CT molecular complexity index is 174. The van der Waals surface area contributed by atoms with E-state index >= 15 is 0 Å². The fourth-order valence-electron chi connectivity index (χ4n) is 2.88. The highest BCUT2D eigenvalue weighted by atomic mass is 32.2. The van der Waals surface area contributed by atoms with Crippen LogP contribution in [0.4, 0.5) is 0 Å². The third-order valence-corrected chi connectivity index (χ3v) is 4.92. The summed E-state index contributed by atoms with van der Waals surface area (Å²) in [5.41, 5.74) is 0.283. The lowest BCUT2D eigenvalue weighted by Crippen LogP contribution is -2.31. The first-order chi connectivity index (χ1) is 7.76. The maximum Gasteiger partial charge on any atom is 0.0487 e. The highest BCUT2D eigenvalue weighted by molar-refractivity contribution is 7.98. The van der Waals surface area contributed by atoms with Crippen LogP contribution in [-0.4, -0.2) is 23.7 Å². The summed E-state index contributed by atoms with van der Waals surface area (Å²) in [6, 6.07) is 0. The molecule has 1 N–H and O–H groups in total. The number of thioether (sulfide) groups is 1. The maximum absolute atomic E-state index is 9.62. The minimum Gasteiger partial charge on any atom is -0.396 e. The van der Waals surface area contributed by atoms with Gasteiger partial charge in [0.2, 0.25) is 0 Å². The summed E-state index contributed by atoms with van der Waals surface area (Å²) in [7, 11) is 0. The maximum atomic E-state index is 9.62. The van der Waals surface area contributed by atoms with E-state index < -0.39 is 0 Å². The first kappa shape index (κ1) is 14.4. The molecule has 0 amide bonds. The van der Waals surface area contributed by atoms with E-state index in [0.717, 1.165) is 5.92 Å². The number of rotatable bonds is 7. The molecule has 0 radical (unpaired) electrons. The normalized spacial score (nSPS) is 30.6. The lowest BCUT2D eigenvalue weighted by Gasteiger charge is -2.39. The molecule has 1 rings (SSSR count). The predicted molar refractivity (Wildman–Crippen MR) is 74.0 cm³/mol. The Morgan fingerprint density at radius 1 is 1.31 bits per heavy atom. The monoisotopic (exact) mass is 244 g/mol. The van der Waals surface area contributed by atoms with Crippen LogP contribution in [0.25, 0.3) is 0 Å². The fourth-order valence-corrected chi connectivity index (χ4v) is 3.51. The van der Waals surface area contributed by atoms with Crippen LogP contribution in [0.1, 0.15) is 58.3 Å². The van der Waals surface area contributed by atoms with Gasteiger partial charge in [-0.3, -0.25) is 0 Å². The summed E-state index contributed by atoms with van der Waals surface area (Å²) in [6.45, 7) is 2.69. The van der Waals surface area contributed by atoms with Crippen molar-refractivity contribution in [3.05, 3.63) is 0 Å². The second kappa shape index (κ2) is 7.60. The standard InChI is InChI=1S/C14H28OS/c1-3-4-5-13-6-8-14(12-15,9-7-13)10-11-16-2/h13,15H,3-12H2,1-2H3. The Labute approximate surface area is 105 Å². The van der Waals surface area contributed by atoms with Crippen LogP contribution in [-0.2, 0) is 0 Å². The summed E-state index contributed by atoms with van der Waals surface area (Å²) in [5, 5.41) is 9.62. The molecule has 1 saturated carbocycles. The molecule has 1 aliphatic rings. The SMILES string of the molecule is CCCCC1CCC(CO)(CCSC)CC1. The van der Waals surface area contributed by atoms with E-state index in [1.54, 1.807) is 0 Å². The summed E-state index contributed by atoms with van der Waals surface area (Å²) in [6.07, 6.45) is 12.8.